The third-order valence-corrected chi connectivity index (χ3v) is 5.07. The van der Waals surface area contributed by atoms with Gasteiger partial charge in [0, 0.05) is 12.6 Å². The van der Waals surface area contributed by atoms with Gasteiger partial charge < -0.3 is 15.8 Å². The largest absolute Gasteiger partial charge is 0.392 e. The van der Waals surface area contributed by atoms with Crippen LogP contribution in [0, 0.1) is 5.41 Å². The van der Waals surface area contributed by atoms with Crippen LogP contribution >= 0.6 is 12.2 Å². The van der Waals surface area contributed by atoms with Crippen molar-refractivity contribution in [1.29, 1.82) is 0 Å². The Morgan fingerprint density at radius 2 is 1.95 bits per heavy atom. The lowest BCUT2D eigenvalue weighted by Gasteiger charge is -2.34. The van der Waals surface area contributed by atoms with Crippen LogP contribution < -0.4 is 11.1 Å². The first-order valence-electron chi connectivity index (χ1n) is 7.77. The first kappa shape index (κ1) is 15.7. The molecule has 1 heterocycles. The summed E-state index contributed by atoms with van der Waals surface area (Å²) >= 11 is 5.25. The van der Waals surface area contributed by atoms with Crippen molar-refractivity contribution < 1.29 is 9.53 Å². The first-order valence-corrected chi connectivity index (χ1v) is 8.18. The highest BCUT2D eigenvalue weighted by Crippen LogP contribution is 2.36. The van der Waals surface area contributed by atoms with E-state index in [0.717, 1.165) is 38.5 Å². The number of carbonyl (C=O) groups is 1. The van der Waals surface area contributed by atoms with Crippen molar-refractivity contribution in [3.8, 4) is 0 Å². The lowest BCUT2D eigenvalue weighted by Crippen LogP contribution is -2.53. The summed E-state index contributed by atoms with van der Waals surface area (Å²) in [4.78, 5) is 13.1. The molecule has 5 heteroatoms. The molecule has 0 radical (unpaired) electrons. The van der Waals surface area contributed by atoms with Crippen molar-refractivity contribution in [2.45, 2.75) is 70.4 Å². The molecule has 2 atom stereocenters. The van der Waals surface area contributed by atoms with Crippen LogP contribution in [0.15, 0.2) is 0 Å². The van der Waals surface area contributed by atoms with E-state index < -0.39 is 5.41 Å². The van der Waals surface area contributed by atoms with Gasteiger partial charge in [0.25, 0.3) is 0 Å². The van der Waals surface area contributed by atoms with Crippen molar-refractivity contribution in [3.05, 3.63) is 0 Å². The zero-order valence-electron chi connectivity index (χ0n) is 12.3. The van der Waals surface area contributed by atoms with E-state index in [-0.39, 0.29) is 18.1 Å². The fourth-order valence-corrected chi connectivity index (χ4v) is 3.67. The number of carbonyl (C=O) groups excluding carboxylic acids is 1. The van der Waals surface area contributed by atoms with E-state index in [0.29, 0.717) is 11.6 Å². The summed E-state index contributed by atoms with van der Waals surface area (Å²) in [6, 6.07) is 0.195. The summed E-state index contributed by atoms with van der Waals surface area (Å²) in [5.41, 5.74) is 5.33. The molecule has 3 N–H and O–H groups in total. The molecular formula is C15H26N2O2S. The van der Waals surface area contributed by atoms with Gasteiger partial charge in [-0.1, -0.05) is 37.9 Å². The smallest absolute Gasteiger partial charge is 0.233 e. The minimum atomic E-state index is -0.618. The van der Waals surface area contributed by atoms with Crippen molar-refractivity contribution in [1.82, 2.24) is 5.32 Å². The molecule has 0 aromatic rings. The Morgan fingerprint density at radius 1 is 1.30 bits per heavy atom. The predicted molar refractivity (Wildman–Crippen MR) is 83.5 cm³/mol. The van der Waals surface area contributed by atoms with Crippen LogP contribution in [0.4, 0.5) is 0 Å². The molecule has 2 aliphatic rings. The summed E-state index contributed by atoms with van der Waals surface area (Å²) in [5.74, 6) is 0.0472. The van der Waals surface area contributed by atoms with Gasteiger partial charge in [0.1, 0.15) is 0 Å². The molecule has 114 valence electrons. The average Bonchev–Trinajstić information content (AvgIpc) is 2.65. The van der Waals surface area contributed by atoms with Gasteiger partial charge in [0.2, 0.25) is 5.91 Å². The van der Waals surface area contributed by atoms with E-state index in [1.54, 1.807) is 0 Å². The summed E-state index contributed by atoms with van der Waals surface area (Å²) in [6.45, 7) is 2.76. The van der Waals surface area contributed by atoms with Gasteiger partial charge in [-0.25, -0.2) is 0 Å². The standard InChI is InChI=1S/C15H26N2O2S/c1-11-10-12(6-9-19-11)17-14(18)15(13(16)20)7-4-2-3-5-8-15/h11-12H,2-10H2,1H3,(H2,16,20)(H,17,18). The van der Waals surface area contributed by atoms with Gasteiger partial charge in [-0.2, -0.15) is 0 Å². The SMILES string of the molecule is CC1CC(NC(=O)C2(C(N)=S)CCCCCC2)CCO1. The monoisotopic (exact) mass is 298 g/mol. The van der Waals surface area contributed by atoms with Crippen molar-refractivity contribution in [2.24, 2.45) is 11.1 Å². The van der Waals surface area contributed by atoms with Crippen LogP contribution in [0.25, 0.3) is 0 Å². The van der Waals surface area contributed by atoms with E-state index in [4.69, 9.17) is 22.7 Å². The summed E-state index contributed by atoms with van der Waals surface area (Å²) in [6.07, 6.45) is 7.98. The third-order valence-electron chi connectivity index (χ3n) is 4.68. The van der Waals surface area contributed by atoms with Crippen LogP contribution in [0.5, 0.6) is 0 Å². The van der Waals surface area contributed by atoms with Gasteiger partial charge in [0.05, 0.1) is 16.5 Å². The number of amides is 1. The van der Waals surface area contributed by atoms with E-state index in [2.05, 4.69) is 5.32 Å². The lowest BCUT2D eigenvalue weighted by molar-refractivity contribution is -0.129. The molecule has 0 aromatic carbocycles. The molecule has 20 heavy (non-hydrogen) atoms. The van der Waals surface area contributed by atoms with Gasteiger partial charge >= 0.3 is 0 Å². The molecule has 1 aliphatic heterocycles. The maximum absolute atomic E-state index is 12.8. The molecule has 2 unspecified atom stereocenters. The predicted octanol–water partition coefficient (Wildman–Crippen LogP) is 2.30. The van der Waals surface area contributed by atoms with E-state index >= 15 is 0 Å². The fraction of sp³-hybridized carbons (Fsp3) is 0.867. The molecule has 0 aromatic heterocycles. The van der Waals surface area contributed by atoms with E-state index in [1.807, 2.05) is 6.92 Å². The first-order chi connectivity index (χ1) is 9.54. The molecule has 2 rings (SSSR count). The normalized spacial score (nSPS) is 30.2. The molecular weight excluding hydrogens is 272 g/mol. The topological polar surface area (TPSA) is 64.4 Å². The molecule has 1 saturated carbocycles. The highest BCUT2D eigenvalue weighted by Gasteiger charge is 2.42. The second kappa shape index (κ2) is 6.85. The summed E-state index contributed by atoms with van der Waals surface area (Å²) in [7, 11) is 0. The maximum atomic E-state index is 12.8. The molecule has 1 saturated heterocycles. The average molecular weight is 298 g/mol. The highest BCUT2D eigenvalue weighted by molar-refractivity contribution is 7.80. The van der Waals surface area contributed by atoms with Crippen LogP contribution in [-0.4, -0.2) is 29.6 Å². The molecule has 0 bridgehead atoms. The number of nitrogens with one attached hydrogen (secondary N) is 1. The highest BCUT2D eigenvalue weighted by atomic mass is 32.1. The second-order valence-electron chi connectivity index (χ2n) is 6.24. The van der Waals surface area contributed by atoms with Crippen molar-refractivity contribution in [3.63, 3.8) is 0 Å². The van der Waals surface area contributed by atoms with Gasteiger partial charge in [-0.15, -0.1) is 0 Å². The number of hydrogen-bond acceptors (Lipinski definition) is 3. The van der Waals surface area contributed by atoms with E-state index in [9.17, 15) is 4.79 Å². The maximum Gasteiger partial charge on any atom is 0.233 e. The molecule has 2 fully saturated rings. The van der Waals surface area contributed by atoms with E-state index in [1.165, 1.54) is 12.8 Å². The number of thiocarbonyl (C=S) groups is 1. The van der Waals surface area contributed by atoms with Crippen molar-refractivity contribution in [2.75, 3.05) is 6.61 Å². The quantitative estimate of drug-likeness (QED) is 0.620. The lowest BCUT2D eigenvalue weighted by atomic mass is 9.79. The Bertz CT molecular complexity index is 365. The van der Waals surface area contributed by atoms with Crippen LogP contribution in [-0.2, 0) is 9.53 Å². The summed E-state index contributed by atoms with van der Waals surface area (Å²) < 4.78 is 5.53. The number of nitrogens with two attached hydrogens (primary N) is 1. The Hall–Kier alpha value is -0.680. The number of hydrogen-bond donors (Lipinski definition) is 2. The van der Waals surface area contributed by atoms with Crippen LogP contribution in [0.1, 0.15) is 58.3 Å². The number of rotatable bonds is 3. The number of ether oxygens (including phenoxy) is 1. The van der Waals surface area contributed by atoms with Gasteiger partial charge in [-0.05, 0) is 32.6 Å². The molecule has 0 spiro atoms. The van der Waals surface area contributed by atoms with Gasteiger partial charge in [-0.3, -0.25) is 4.79 Å². The Morgan fingerprint density at radius 3 is 2.50 bits per heavy atom. The zero-order chi connectivity index (χ0) is 14.6. The summed E-state index contributed by atoms with van der Waals surface area (Å²) in [5, 5.41) is 3.18. The zero-order valence-corrected chi connectivity index (χ0v) is 13.1. The minimum Gasteiger partial charge on any atom is -0.392 e. The molecule has 1 amide bonds. The Labute approximate surface area is 126 Å². The van der Waals surface area contributed by atoms with Crippen molar-refractivity contribution >= 4 is 23.1 Å². The van der Waals surface area contributed by atoms with Crippen LogP contribution in [0.2, 0.25) is 0 Å². The van der Waals surface area contributed by atoms with Crippen LogP contribution in [0.3, 0.4) is 0 Å². The Kier molecular flexibility index (Phi) is 5.38. The Balaban J connectivity index is 2.04. The fourth-order valence-electron chi connectivity index (χ4n) is 3.37. The minimum absolute atomic E-state index is 0.0472. The molecule has 4 nitrogen and oxygen atoms in total. The van der Waals surface area contributed by atoms with Gasteiger partial charge in [0.15, 0.2) is 0 Å². The second-order valence-corrected chi connectivity index (χ2v) is 6.68. The third kappa shape index (κ3) is 3.50. The molecule has 1 aliphatic carbocycles.